The number of rotatable bonds is 7. The summed E-state index contributed by atoms with van der Waals surface area (Å²) >= 11 is 5.96. The molecule has 0 saturated carbocycles. The predicted molar refractivity (Wildman–Crippen MR) is 118 cm³/mol. The van der Waals surface area contributed by atoms with Crippen molar-refractivity contribution in [1.82, 2.24) is 9.62 Å². The maximum atomic E-state index is 12.7. The summed E-state index contributed by atoms with van der Waals surface area (Å²) in [4.78, 5) is 12.7. The number of methoxy groups -OCH3 is 1. The molecule has 30 heavy (non-hydrogen) atoms. The minimum Gasteiger partial charge on any atom is -0.496 e. The van der Waals surface area contributed by atoms with Crippen molar-refractivity contribution in [2.45, 2.75) is 31.6 Å². The van der Waals surface area contributed by atoms with Gasteiger partial charge in [-0.05, 0) is 43.5 Å². The Morgan fingerprint density at radius 2 is 1.90 bits per heavy atom. The van der Waals surface area contributed by atoms with E-state index in [-0.39, 0.29) is 23.6 Å². The van der Waals surface area contributed by atoms with Gasteiger partial charge in [-0.3, -0.25) is 4.79 Å². The van der Waals surface area contributed by atoms with E-state index in [1.807, 2.05) is 31.2 Å². The standard InChI is InChI=1S/C22H27ClN2O4S/c1-16(20-8-3-4-9-21(20)29-2)24-22(26)18-10-12-25(13-11-18)30(27,28)15-17-6-5-7-19(23)14-17/h3-9,14,16,18H,10-13,15H2,1-2H3,(H,24,26)/t16-/m1/s1. The van der Waals surface area contributed by atoms with E-state index in [0.717, 1.165) is 11.3 Å². The van der Waals surface area contributed by atoms with Gasteiger partial charge in [-0.25, -0.2) is 12.7 Å². The van der Waals surface area contributed by atoms with E-state index >= 15 is 0 Å². The summed E-state index contributed by atoms with van der Waals surface area (Å²) in [5, 5.41) is 3.55. The van der Waals surface area contributed by atoms with Gasteiger partial charge in [-0.2, -0.15) is 0 Å². The van der Waals surface area contributed by atoms with Gasteiger partial charge in [0.25, 0.3) is 0 Å². The van der Waals surface area contributed by atoms with E-state index in [4.69, 9.17) is 16.3 Å². The number of benzene rings is 2. The lowest BCUT2D eigenvalue weighted by Gasteiger charge is -2.31. The fourth-order valence-electron chi connectivity index (χ4n) is 3.76. The van der Waals surface area contributed by atoms with Gasteiger partial charge in [0.1, 0.15) is 5.75 Å². The second kappa shape index (κ2) is 9.81. The number of para-hydroxylation sites is 1. The number of amides is 1. The van der Waals surface area contributed by atoms with Crippen LogP contribution in [0.15, 0.2) is 48.5 Å². The molecule has 3 rings (SSSR count). The number of halogens is 1. The first-order valence-corrected chi connectivity index (χ1v) is 11.9. The van der Waals surface area contributed by atoms with Gasteiger partial charge in [-0.1, -0.05) is 41.9 Å². The van der Waals surface area contributed by atoms with Crippen LogP contribution in [0.4, 0.5) is 0 Å². The summed E-state index contributed by atoms with van der Waals surface area (Å²) in [6.07, 6.45) is 0.999. The number of piperidine rings is 1. The summed E-state index contributed by atoms with van der Waals surface area (Å²) < 4.78 is 32.3. The van der Waals surface area contributed by atoms with Gasteiger partial charge in [0.2, 0.25) is 15.9 Å². The lowest BCUT2D eigenvalue weighted by molar-refractivity contribution is -0.126. The SMILES string of the molecule is COc1ccccc1[C@@H](C)NC(=O)C1CCN(S(=O)(=O)Cc2cccc(Cl)c2)CC1. The largest absolute Gasteiger partial charge is 0.496 e. The van der Waals surface area contributed by atoms with E-state index in [9.17, 15) is 13.2 Å². The van der Waals surface area contributed by atoms with Crippen molar-refractivity contribution >= 4 is 27.5 Å². The smallest absolute Gasteiger partial charge is 0.223 e. The minimum absolute atomic E-state index is 0.0553. The Kier molecular flexibility index (Phi) is 7.39. The molecule has 1 atom stereocenters. The van der Waals surface area contributed by atoms with Crippen LogP contribution in [-0.2, 0) is 20.6 Å². The number of nitrogens with one attached hydrogen (secondary N) is 1. The second-order valence-electron chi connectivity index (χ2n) is 7.53. The van der Waals surface area contributed by atoms with Crippen LogP contribution in [0.1, 0.15) is 36.9 Å². The van der Waals surface area contributed by atoms with Crippen LogP contribution in [0.5, 0.6) is 5.75 Å². The van der Waals surface area contributed by atoms with Crippen molar-refractivity contribution in [3.05, 3.63) is 64.7 Å². The monoisotopic (exact) mass is 450 g/mol. The van der Waals surface area contributed by atoms with Gasteiger partial charge < -0.3 is 10.1 Å². The molecule has 0 aliphatic carbocycles. The molecule has 0 radical (unpaired) electrons. The summed E-state index contributed by atoms with van der Waals surface area (Å²) in [6.45, 7) is 2.59. The molecule has 1 aliphatic rings. The van der Waals surface area contributed by atoms with Crippen LogP contribution in [0.3, 0.4) is 0 Å². The molecule has 162 valence electrons. The molecule has 0 unspecified atom stereocenters. The van der Waals surface area contributed by atoms with Crippen molar-refractivity contribution in [3.63, 3.8) is 0 Å². The Morgan fingerprint density at radius 3 is 2.57 bits per heavy atom. The highest BCUT2D eigenvalue weighted by molar-refractivity contribution is 7.88. The molecule has 0 bridgehead atoms. The van der Waals surface area contributed by atoms with Crippen molar-refractivity contribution in [1.29, 1.82) is 0 Å². The molecule has 0 spiro atoms. The van der Waals surface area contributed by atoms with Crippen LogP contribution in [0.25, 0.3) is 0 Å². The summed E-state index contributed by atoms with van der Waals surface area (Å²) in [5.74, 6) is 0.377. The summed E-state index contributed by atoms with van der Waals surface area (Å²) in [5.41, 5.74) is 1.57. The zero-order chi connectivity index (χ0) is 21.7. The molecule has 6 nitrogen and oxygen atoms in total. The first-order valence-electron chi connectivity index (χ1n) is 9.95. The topological polar surface area (TPSA) is 75.7 Å². The average Bonchev–Trinajstić information content (AvgIpc) is 2.73. The third kappa shape index (κ3) is 5.53. The maximum absolute atomic E-state index is 12.7. The van der Waals surface area contributed by atoms with Crippen LogP contribution in [-0.4, -0.2) is 38.8 Å². The van der Waals surface area contributed by atoms with Crippen molar-refractivity contribution in [3.8, 4) is 5.75 Å². The quantitative estimate of drug-likeness (QED) is 0.696. The molecule has 2 aromatic carbocycles. The van der Waals surface area contributed by atoms with Crippen molar-refractivity contribution in [2.75, 3.05) is 20.2 Å². The summed E-state index contributed by atoms with van der Waals surface area (Å²) in [6, 6.07) is 14.3. The van der Waals surface area contributed by atoms with Crippen LogP contribution >= 0.6 is 11.6 Å². The number of hydrogen-bond acceptors (Lipinski definition) is 4. The Morgan fingerprint density at radius 1 is 1.20 bits per heavy atom. The fourth-order valence-corrected chi connectivity index (χ4v) is 5.52. The molecule has 1 fully saturated rings. The fraction of sp³-hybridized carbons (Fsp3) is 0.409. The lowest BCUT2D eigenvalue weighted by atomic mass is 9.96. The number of ether oxygens (including phenoxy) is 1. The predicted octanol–water partition coefficient (Wildman–Crippen LogP) is 3.77. The Labute approximate surface area is 183 Å². The molecular formula is C22H27ClN2O4S. The van der Waals surface area contributed by atoms with E-state index in [1.165, 1.54) is 4.31 Å². The van der Waals surface area contributed by atoms with Gasteiger partial charge >= 0.3 is 0 Å². The minimum atomic E-state index is -3.45. The molecule has 0 aromatic heterocycles. The molecule has 1 heterocycles. The van der Waals surface area contributed by atoms with Gasteiger partial charge in [0.05, 0.1) is 18.9 Å². The zero-order valence-corrected chi connectivity index (χ0v) is 18.7. The molecule has 2 aromatic rings. The van der Waals surface area contributed by atoms with Crippen molar-refractivity contribution < 1.29 is 17.9 Å². The highest BCUT2D eigenvalue weighted by Crippen LogP contribution is 2.27. The van der Waals surface area contributed by atoms with Crippen molar-refractivity contribution in [2.24, 2.45) is 5.92 Å². The van der Waals surface area contributed by atoms with Crippen LogP contribution < -0.4 is 10.1 Å². The molecule has 1 amide bonds. The van der Waals surface area contributed by atoms with E-state index < -0.39 is 10.0 Å². The van der Waals surface area contributed by atoms with E-state index in [2.05, 4.69) is 5.32 Å². The molecule has 1 N–H and O–H groups in total. The van der Waals surface area contributed by atoms with Gasteiger partial charge in [0, 0.05) is 29.6 Å². The highest BCUT2D eigenvalue weighted by Gasteiger charge is 2.31. The zero-order valence-electron chi connectivity index (χ0n) is 17.2. The average molecular weight is 451 g/mol. The molecule has 8 heteroatoms. The first kappa shape index (κ1) is 22.6. The number of hydrogen-bond donors (Lipinski definition) is 1. The first-order chi connectivity index (χ1) is 14.3. The van der Waals surface area contributed by atoms with Gasteiger partial charge in [0.15, 0.2) is 0 Å². The Hall–Kier alpha value is -2.09. The van der Waals surface area contributed by atoms with Crippen LogP contribution in [0.2, 0.25) is 5.02 Å². The second-order valence-corrected chi connectivity index (χ2v) is 9.94. The van der Waals surface area contributed by atoms with E-state index in [1.54, 1.807) is 31.4 Å². The third-order valence-corrected chi connectivity index (χ3v) is 7.51. The molecule has 1 saturated heterocycles. The molecule has 1 aliphatic heterocycles. The van der Waals surface area contributed by atoms with Crippen LogP contribution in [0, 0.1) is 5.92 Å². The Bertz CT molecular complexity index is 988. The maximum Gasteiger partial charge on any atom is 0.223 e. The number of sulfonamides is 1. The molecular weight excluding hydrogens is 424 g/mol. The Balaban J connectivity index is 1.56. The number of carbonyl (C=O) groups excluding carboxylic acids is 1. The normalized spacial score (nSPS) is 16.8. The highest BCUT2D eigenvalue weighted by atomic mass is 35.5. The summed E-state index contributed by atoms with van der Waals surface area (Å²) in [7, 11) is -1.85. The number of nitrogens with zero attached hydrogens (tertiary/aromatic N) is 1. The van der Waals surface area contributed by atoms with Gasteiger partial charge in [-0.15, -0.1) is 0 Å². The number of carbonyl (C=O) groups is 1. The lowest BCUT2D eigenvalue weighted by Crippen LogP contribution is -2.43. The third-order valence-electron chi connectivity index (χ3n) is 5.42. The van der Waals surface area contributed by atoms with E-state index in [0.29, 0.717) is 36.5 Å².